The quantitative estimate of drug-likeness (QED) is 0.480. The fraction of sp³-hybridized carbons (Fsp3) is 0.464. The van der Waals surface area contributed by atoms with Crippen LogP contribution in [-0.4, -0.2) is 60.9 Å². The highest BCUT2D eigenvalue weighted by Gasteiger charge is 2.24. The van der Waals surface area contributed by atoms with Gasteiger partial charge < -0.3 is 15.0 Å². The molecule has 2 aliphatic rings. The maximum absolute atomic E-state index is 12.9. The van der Waals surface area contributed by atoms with Crippen LogP contribution in [0.1, 0.15) is 44.1 Å². The van der Waals surface area contributed by atoms with Gasteiger partial charge in [-0.3, -0.25) is 19.3 Å². The maximum atomic E-state index is 12.9. The Morgan fingerprint density at radius 3 is 2.43 bits per heavy atom. The number of carbonyl (C=O) groups is 3. The van der Waals surface area contributed by atoms with E-state index in [1.54, 1.807) is 4.90 Å². The Labute approximate surface area is 207 Å². The molecule has 0 bridgehead atoms. The van der Waals surface area contributed by atoms with E-state index >= 15 is 0 Å². The number of piperazine rings is 1. The summed E-state index contributed by atoms with van der Waals surface area (Å²) in [5.74, 6) is -0.427. The van der Waals surface area contributed by atoms with Gasteiger partial charge in [0.05, 0.1) is 7.11 Å². The van der Waals surface area contributed by atoms with Gasteiger partial charge in [0.15, 0.2) is 0 Å². The first-order chi connectivity index (χ1) is 17.0. The Bertz CT molecular complexity index is 1040. The molecule has 0 aromatic heterocycles. The van der Waals surface area contributed by atoms with Gasteiger partial charge in [-0.05, 0) is 36.1 Å². The predicted molar refractivity (Wildman–Crippen MR) is 136 cm³/mol. The molecule has 1 saturated heterocycles. The minimum atomic E-state index is -0.496. The molecule has 7 nitrogen and oxygen atoms in total. The van der Waals surface area contributed by atoms with Gasteiger partial charge in [-0.25, -0.2) is 0 Å². The summed E-state index contributed by atoms with van der Waals surface area (Å²) < 4.78 is 4.60. The Kier molecular flexibility index (Phi) is 8.53. The summed E-state index contributed by atoms with van der Waals surface area (Å²) >= 11 is 0. The van der Waals surface area contributed by atoms with Gasteiger partial charge in [-0.1, -0.05) is 55.7 Å². The number of nitrogens with one attached hydrogen (secondary N) is 1. The molecule has 2 fully saturated rings. The summed E-state index contributed by atoms with van der Waals surface area (Å²) in [5, 5.41) is 3.19. The molecule has 1 N–H and O–H groups in total. The van der Waals surface area contributed by atoms with Gasteiger partial charge in [0.25, 0.3) is 0 Å². The monoisotopic (exact) mass is 477 g/mol. The molecule has 1 heterocycles. The summed E-state index contributed by atoms with van der Waals surface area (Å²) in [4.78, 5) is 40.5. The molecular formula is C28H35N3O4. The molecule has 2 aromatic rings. The number of esters is 1. The fourth-order valence-corrected chi connectivity index (χ4v) is 5.00. The average molecular weight is 478 g/mol. The van der Waals surface area contributed by atoms with Crippen LogP contribution in [0.25, 0.3) is 11.1 Å². The standard InChI is InChI=1S/C28H35N3O4/c1-35-27(33)19-26(32)31-16-14-30(15-17-31)20-21-8-7-11-23(18-21)24-12-5-6-13-25(24)29-28(34)22-9-3-2-4-10-22/h5-8,11-13,18,22H,2-4,9-10,14-17,19-20H2,1H3,(H,29,34). The first-order valence-corrected chi connectivity index (χ1v) is 12.6. The Morgan fingerprint density at radius 1 is 0.943 bits per heavy atom. The van der Waals surface area contributed by atoms with Crippen molar-refractivity contribution in [3.05, 3.63) is 54.1 Å². The van der Waals surface area contributed by atoms with Crippen molar-refractivity contribution in [3.8, 4) is 11.1 Å². The van der Waals surface area contributed by atoms with E-state index in [2.05, 4.69) is 45.3 Å². The van der Waals surface area contributed by atoms with Crippen LogP contribution in [0.3, 0.4) is 0 Å². The zero-order valence-electron chi connectivity index (χ0n) is 20.5. The van der Waals surface area contributed by atoms with E-state index in [9.17, 15) is 14.4 Å². The third kappa shape index (κ3) is 6.69. The molecule has 1 aliphatic heterocycles. The van der Waals surface area contributed by atoms with Crippen LogP contribution >= 0.6 is 0 Å². The molecular weight excluding hydrogens is 442 g/mol. The van der Waals surface area contributed by atoms with Crippen LogP contribution in [0.2, 0.25) is 0 Å². The van der Waals surface area contributed by atoms with E-state index in [-0.39, 0.29) is 24.2 Å². The van der Waals surface area contributed by atoms with Gasteiger partial charge in [0.2, 0.25) is 11.8 Å². The molecule has 2 aromatic carbocycles. The Morgan fingerprint density at radius 2 is 1.69 bits per heavy atom. The number of nitrogens with zero attached hydrogens (tertiary/aromatic N) is 2. The van der Waals surface area contributed by atoms with Gasteiger partial charge in [-0.15, -0.1) is 0 Å². The van der Waals surface area contributed by atoms with Crippen LogP contribution in [0.4, 0.5) is 5.69 Å². The Balaban J connectivity index is 1.38. The second-order valence-corrected chi connectivity index (χ2v) is 9.48. The van der Waals surface area contributed by atoms with Crippen molar-refractivity contribution in [1.29, 1.82) is 0 Å². The van der Waals surface area contributed by atoms with E-state index in [0.717, 1.165) is 62.1 Å². The van der Waals surface area contributed by atoms with E-state index in [0.29, 0.717) is 13.1 Å². The van der Waals surface area contributed by atoms with Crippen LogP contribution < -0.4 is 5.32 Å². The molecule has 2 amide bonds. The second-order valence-electron chi connectivity index (χ2n) is 9.48. The summed E-state index contributed by atoms with van der Waals surface area (Å²) in [7, 11) is 1.30. The number of hydrogen-bond acceptors (Lipinski definition) is 5. The van der Waals surface area contributed by atoms with Crippen molar-refractivity contribution in [2.24, 2.45) is 5.92 Å². The van der Waals surface area contributed by atoms with Crippen molar-refractivity contribution < 1.29 is 19.1 Å². The lowest BCUT2D eigenvalue weighted by Gasteiger charge is -2.34. The summed E-state index contributed by atoms with van der Waals surface area (Å²) in [6, 6.07) is 16.4. The number of para-hydroxylation sites is 1. The van der Waals surface area contributed by atoms with Gasteiger partial charge >= 0.3 is 5.97 Å². The number of methoxy groups -OCH3 is 1. The van der Waals surface area contributed by atoms with Gasteiger partial charge in [0, 0.05) is 49.9 Å². The van der Waals surface area contributed by atoms with E-state index < -0.39 is 5.97 Å². The van der Waals surface area contributed by atoms with Crippen LogP contribution in [0, 0.1) is 5.92 Å². The van der Waals surface area contributed by atoms with Crippen molar-refractivity contribution in [3.63, 3.8) is 0 Å². The van der Waals surface area contributed by atoms with E-state index in [1.807, 2.05) is 18.2 Å². The van der Waals surface area contributed by atoms with E-state index in [4.69, 9.17) is 0 Å². The van der Waals surface area contributed by atoms with Crippen LogP contribution in [0.15, 0.2) is 48.5 Å². The molecule has 186 valence electrons. The summed E-state index contributed by atoms with van der Waals surface area (Å²) in [6.07, 6.45) is 5.25. The normalized spacial score (nSPS) is 17.1. The number of rotatable bonds is 7. The summed E-state index contributed by atoms with van der Waals surface area (Å²) in [5.41, 5.74) is 4.15. The minimum absolute atomic E-state index is 0.112. The Hall–Kier alpha value is -3.19. The number of ether oxygens (including phenoxy) is 1. The molecule has 1 saturated carbocycles. The maximum Gasteiger partial charge on any atom is 0.315 e. The zero-order valence-corrected chi connectivity index (χ0v) is 20.5. The molecule has 0 spiro atoms. The van der Waals surface area contributed by atoms with Gasteiger partial charge in [-0.2, -0.15) is 0 Å². The second kappa shape index (κ2) is 12.0. The third-order valence-corrected chi connectivity index (χ3v) is 7.05. The topological polar surface area (TPSA) is 79.0 Å². The molecule has 4 rings (SSSR count). The molecule has 0 unspecified atom stereocenters. The lowest BCUT2D eigenvalue weighted by Crippen LogP contribution is -2.48. The fourth-order valence-electron chi connectivity index (χ4n) is 5.00. The summed E-state index contributed by atoms with van der Waals surface area (Å²) in [6.45, 7) is 3.50. The first-order valence-electron chi connectivity index (χ1n) is 12.6. The van der Waals surface area contributed by atoms with Crippen molar-refractivity contribution >= 4 is 23.5 Å². The minimum Gasteiger partial charge on any atom is -0.469 e. The number of hydrogen-bond donors (Lipinski definition) is 1. The van der Waals surface area contributed by atoms with Crippen molar-refractivity contribution in [2.45, 2.75) is 45.1 Å². The molecule has 7 heteroatoms. The number of anilines is 1. The largest absolute Gasteiger partial charge is 0.469 e. The number of carbonyl (C=O) groups excluding carboxylic acids is 3. The van der Waals surface area contributed by atoms with Gasteiger partial charge in [0.1, 0.15) is 6.42 Å². The van der Waals surface area contributed by atoms with E-state index in [1.165, 1.54) is 19.1 Å². The highest BCUT2D eigenvalue weighted by Crippen LogP contribution is 2.31. The lowest BCUT2D eigenvalue weighted by atomic mass is 9.88. The third-order valence-electron chi connectivity index (χ3n) is 7.05. The highest BCUT2D eigenvalue weighted by atomic mass is 16.5. The zero-order chi connectivity index (χ0) is 24.6. The number of amides is 2. The smallest absolute Gasteiger partial charge is 0.315 e. The average Bonchev–Trinajstić information content (AvgIpc) is 2.90. The molecule has 1 aliphatic carbocycles. The van der Waals surface area contributed by atoms with Crippen LogP contribution in [-0.2, 0) is 25.7 Å². The SMILES string of the molecule is COC(=O)CC(=O)N1CCN(Cc2cccc(-c3ccccc3NC(=O)C3CCCCC3)c2)CC1. The number of benzene rings is 2. The van der Waals surface area contributed by atoms with Crippen LogP contribution in [0.5, 0.6) is 0 Å². The molecule has 0 atom stereocenters. The highest BCUT2D eigenvalue weighted by molar-refractivity contribution is 5.97. The van der Waals surface area contributed by atoms with Crippen molar-refractivity contribution in [1.82, 2.24) is 9.80 Å². The van der Waals surface area contributed by atoms with Crippen molar-refractivity contribution in [2.75, 3.05) is 38.6 Å². The lowest BCUT2D eigenvalue weighted by molar-refractivity contribution is -0.147. The first kappa shape index (κ1) is 24.9. The molecule has 35 heavy (non-hydrogen) atoms. The predicted octanol–water partition coefficient (Wildman–Crippen LogP) is 4.08. The molecule has 0 radical (unpaired) electrons.